The van der Waals surface area contributed by atoms with Crippen LogP contribution in [0.1, 0.15) is 38.7 Å². The molecular weight excluding hydrogens is 603 g/mol. The molecule has 4 aliphatic carbocycles. The van der Waals surface area contributed by atoms with Gasteiger partial charge in [0.15, 0.2) is 22.8 Å². The summed E-state index contributed by atoms with van der Waals surface area (Å²) >= 11 is 1.60. The molecule has 5 aliphatic rings. The Morgan fingerprint density at radius 1 is 1.09 bits per heavy atom. The van der Waals surface area contributed by atoms with E-state index in [0.717, 1.165) is 16.5 Å². The fourth-order valence-corrected chi connectivity index (χ4v) is 10.3. The number of anilines is 1. The van der Waals surface area contributed by atoms with Gasteiger partial charge in [0.1, 0.15) is 18.6 Å². The Kier molecular flexibility index (Phi) is 7.20. The van der Waals surface area contributed by atoms with Gasteiger partial charge < -0.3 is 10.2 Å². The zero-order valence-corrected chi connectivity index (χ0v) is 25.9. The maximum Gasteiger partial charge on any atom is 0.193 e. The van der Waals surface area contributed by atoms with E-state index < -0.39 is 70.3 Å². The molecule has 1 aliphatic heterocycles. The highest BCUT2D eigenvalue weighted by Crippen LogP contribution is 2.72. The standard InChI is InChI=1S/C35H36F3NO5S/c1-32-12-11-24(41)14-28(32)29(37)15-27-26-13-21-17-39(23-7-9-25(10-8-23)45-19-20-3-5-22(36)6-4-20)44-35(21,31(43)18-40)33(26,2)16-30(42)34(27,32)38/h3-12,14,21,26-27,29-30,40,42H,13,15-19H2,1-2H3/t21-,26-,27-,29-,30-,32-,33-,34-,35-/m0/s1. The van der Waals surface area contributed by atoms with Gasteiger partial charge in [0.2, 0.25) is 0 Å². The second-order valence-electron chi connectivity index (χ2n) is 13.7. The quantitative estimate of drug-likeness (QED) is 0.392. The van der Waals surface area contributed by atoms with Crippen LogP contribution in [-0.4, -0.2) is 58.5 Å². The van der Waals surface area contributed by atoms with E-state index in [2.05, 4.69) is 0 Å². The molecule has 2 aromatic carbocycles. The van der Waals surface area contributed by atoms with E-state index in [-0.39, 0.29) is 24.2 Å². The van der Waals surface area contributed by atoms with Crippen molar-refractivity contribution in [3.8, 4) is 0 Å². The highest BCUT2D eigenvalue weighted by atomic mass is 32.2. The van der Waals surface area contributed by atoms with Crippen molar-refractivity contribution in [1.82, 2.24) is 0 Å². The number of ketones is 2. The first-order valence-electron chi connectivity index (χ1n) is 15.4. The minimum atomic E-state index is -2.26. The Hall–Kier alpha value is -2.92. The molecule has 45 heavy (non-hydrogen) atoms. The molecular formula is C35H36F3NO5S. The van der Waals surface area contributed by atoms with Gasteiger partial charge in [0.25, 0.3) is 0 Å². The summed E-state index contributed by atoms with van der Waals surface area (Å²) in [5, 5.41) is 23.5. The van der Waals surface area contributed by atoms with Crippen LogP contribution in [0.15, 0.2) is 77.2 Å². The topological polar surface area (TPSA) is 87.1 Å². The fraction of sp³-hybridized carbons (Fsp3) is 0.486. The third-order valence-corrected chi connectivity index (χ3v) is 12.7. The van der Waals surface area contributed by atoms with Crippen LogP contribution in [0.25, 0.3) is 0 Å². The van der Waals surface area contributed by atoms with Crippen molar-refractivity contribution in [2.45, 2.75) is 67.3 Å². The lowest BCUT2D eigenvalue weighted by Gasteiger charge is -2.63. The summed E-state index contributed by atoms with van der Waals surface area (Å²) < 4.78 is 46.6. The molecule has 0 unspecified atom stereocenters. The van der Waals surface area contributed by atoms with Gasteiger partial charge in [-0.1, -0.05) is 25.1 Å². The summed E-state index contributed by atoms with van der Waals surface area (Å²) in [6, 6.07) is 14.0. The maximum atomic E-state index is 17.6. The summed E-state index contributed by atoms with van der Waals surface area (Å²) in [7, 11) is 0. The summed E-state index contributed by atoms with van der Waals surface area (Å²) in [6.45, 7) is 2.89. The number of aliphatic hydroxyl groups excluding tert-OH is 2. The number of hydrogen-bond donors (Lipinski definition) is 2. The molecule has 1 saturated heterocycles. The molecule has 2 aromatic rings. The molecule has 2 N–H and O–H groups in total. The second-order valence-corrected chi connectivity index (χ2v) is 14.7. The normalized spacial score (nSPS) is 40.0. The number of hydroxylamine groups is 1. The van der Waals surface area contributed by atoms with Gasteiger partial charge in [-0.05, 0) is 91.8 Å². The predicted octanol–water partition coefficient (Wildman–Crippen LogP) is 5.71. The SMILES string of the molecule is C[C@]12C=CC(=O)C=C1[C@@H](F)C[C@H]1[C@@H]3C[C@H]4CN(c5ccc(SCc6ccc(F)cc6)cc5)O[C@@]4(C(=O)CO)[C@@]3(C)C[C@H](O)[C@@]12F. The monoisotopic (exact) mass is 639 g/mol. The zero-order chi connectivity index (χ0) is 31.9. The van der Waals surface area contributed by atoms with Crippen molar-refractivity contribution in [2.24, 2.45) is 28.6 Å². The second kappa shape index (κ2) is 10.6. The van der Waals surface area contributed by atoms with Crippen LogP contribution in [0, 0.1) is 34.4 Å². The summed E-state index contributed by atoms with van der Waals surface area (Å²) in [5.74, 6) is -2.44. The summed E-state index contributed by atoms with van der Waals surface area (Å²) in [6.07, 6.45) is 0.685. The van der Waals surface area contributed by atoms with E-state index in [1.54, 1.807) is 35.9 Å². The van der Waals surface area contributed by atoms with Gasteiger partial charge in [-0.25, -0.2) is 13.2 Å². The van der Waals surface area contributed by atoms with Crippen molar-refractivity contribution in [3.63, 3.8) is 0 Å². The maximum absolute atomic E-state index is 17.6. The number of rotatable bonds is 6. The first-order valence-corrected chi connectivity index (χ1v) is 16.4. The number of carbonyl (C=O) groups excluding carboxylic acids is 2. The number of fused-ring (bicyclic) bond motifs is 7. The predicted molar refractivity (Wildman–Crippen MR) is 163 cm³/mol. The highest BCUT2D eigenvalue weighted by molar-refractivity contribution is 7.98. The first-order chi connectivity index (χ1) is 21.4. The minimum Gasteiger partial charge on any atom is -0.390 e. The molecule has 0 spiro atoms. The van der Waals surface area contributed by atoms with Crippen LogP contribution in [0.2, 0.25) is 0 Å². The number of allylic oxidation sites excluding steroid dienone is 4. The number of thioether (sulfide) groups is 1. The van der Waals surface area contributed by atoms with E-state index in [1.165, 1.54) is 24.3 Å². The molecule has 10 heteroatoms. The minimum absolute atomic E-state index is 0.0532. The molecule has 0 amide bonds. The van der Waals surface area contributed by atoms with Crippen LogP contribution in [0.4, 0.5) is 18.9 Å². The fourth-order valence-electron chi connectivity index (χ4n) is 9.48. The Morgan fingerprint density at radius 2 is 1.80 bits per heavy atom. The van der Waals surface area contributed by atoms with Gasteiger partial charge in [-0.2, -0.15) is 0 Å². The summed E-state index contributed by atoms with van der Waals surface area (Å²) in [4.78, 5) is 33.5. The lowest BCUT2D eigenvalue weighted by Crippen LogP contribution is -2.70. The molecule has 7 rings (SSSR count). The van der Waals surface area contributed by atoms with E-state index in [1.807, 2.05) is 31.2 Å². The Bertz CT molecular complexity index is 1600. The van der Waals surface area contributed by atoms with E-state index in [0.29, 0.717) is 24.4 Å². The van der Waals surface area contributed by atoms with Crippen molar-refractivity contribution in [2.75, 3.05) is 18.2 Å². The Labute approximate surface area is 264 Å². The molecule has 9 atom stereocenters. The van der Waals surface area contributed by atoms with E-state index >= 15 is 8.78 Å². The van der Waals surface area contributed by atoms with Gasteiger partial charge in [0.05, 0.1) is 18.3 Å². The van der Waals surface area contributed by atoms with Crippen LogP contribution in [0.3, 0.4) is 0 Å². The lowest BCUT2D eigenvalue weighted by atomic mass is 9.44. The number of aliphatic hydroxyl groups is 2. The number of hydrogen-bond acceptors (Lipinski definition) is 7. The van der Waals surface area contributed by atoms with Crippen molar-refractivity contribution >= 4 is 29.0 Å². The van der Waals surface area contributed by atoms with Crippen molar-refractivity contribution in [3.05, 3.63) is 83.7 Å². The molecule has 6 nitrogen and oxygen atoms in total. The number of halogens is 3. The third-order valence-electron chi connectivity index (χ3n) is 11.6. The van der Waals surface area contributed by atoms with Gasteiger partial charge in [-0.3, -0.25) is 19.5 Å². The number of nitrogens with zero attached hydrogens (tertiary/aromatic N) is 1. The first kappa shape index (κ1) is 30.7. The lowest BCUT2D eigenvalue weighted by molar-refractivity contribution is -0.228. The molecule has 3 saturated carbocycles. The van der Waals surface area contributed by atoms with E-state index in [4.69, 9.17) is 4.84 Å². The van der Waals surface area contributed by atoms with Crippen molar-refractivity contribution in [1.29, 1.82) is 0 Å². The molecule has 1 heterocycles. The number of alkyl halides is 2. The molecule has 0 radical (unpaired) electrons. The van der Waals surface area contributed by atoms with Gasteiger partial charge >= 0.3 is 0 Å². The van der Waals surface area contributed by atoms with Crippen LogP contribution in [-0.2, 0) is 20.2 Å². The molecule has 4 fully saturated rings. The number of benzene rings is 2. The van der Waals surface area contributed by atoms with Crippen LogP contribution in [0.5, 0.6) is 0 Å². The largest absolute Gasteiger partial charge is 0.390 e. The Morgan fingerprint density at radius 3 is 2.49 bits per heavy atom. The number of carbonyl (C=O) groups is 2. The van der Waals surface area contributed by atoms with Crippen LogP contribution < -0.4 is 5.06 Å². The average Bonchev–Trinajstić information content (AvgIpc) is 3.52. The highest BCUT2D eigenvalue weighted by Gasteiger charge is 2.79. The molecule has 0 bridgehead atoms. The van der Waals surface area contributed by atoms with E-state index in [9.17, 15) is 24.2 Å². The van der Waals surface area contributed by atoms with Gasteiger partial charge in [-0.15, -0.1) is 11.8 Å². The van der Waals surface area contributed by atoms with Crippen LogP contribution >= 0.6 is 11.8 Å². The molecule has 238 valence electrons. The Balaban J connectivity index is 1.17. The summed E-state index contributed by atoms with van der Waals surface area (Å²) in [5.41, 5.74) is -4.65. The zero-order valence-electron chi connectivity index (χ0n) is 25.1. The van der Waals surface area contributed by atoms with Gasteiger partial charge in [0, 0.05) is 33.3 Å². The van der Waals surface area contributed by atoms with Crippen molar-refractivity contribution < 1.29 is 37.8 Å². The third kappa shape index (κ3) is 4.21. The smallest absolute Gasteiger partial charge is 0.193 e. The molecule has 0 aromatic heterocycles. The number of Topliss-reactive ketones (excluding diaryl/α,β-unsaturated/α-hetero) is 1. The average molecular weight is 640 g/mol.